The van der Waals surface area contributed by atoms with Gasteiger partial charge in [0.15, 0.2) is 0 Å². The third kappa shape index (κ3) is 4.77. The molecule has 32 heavy (non-hydrogen) atoms. The van der Waals surface area contributed by atoms with Gasteiger partial charge in [0.1, 0.15) is 6.04 Å². The number of hydrogen-bond donors (Lipinski definition) is 3. The summed E-state index contributed by atoms with van der Waals surface area (Å²) in [5.74, 6) is -0.694. The molecule has 7 nitrogen and oxygen atoms in total. The molecule has 2 aliphatic rings. The fourth-order valence-electron chi connectivity index (χ4n) is 4.83. The maximum atomic E-state index is 13.0. The van der Waals surface area contributed by atoms with E-state index in [1.807, 2.05) is 6.07 Å². The van der Waals surface area contributed by atoms with Crippen LogP contribution >= 0.6 is 0 Å². The van der Waals surface area contributed by atoms with E-state index in [-0.39, 0.29) is 12.3 Å². The first-order chi connectivity index (χ1) is 15.4. The molecule has 2 aliphatic carbocycles. The van der Waals surface area contributed by atoms with E-state index in [1.165, 1.54) is 36.3 Å². The van der Waals surface area contributed by atoms with E-state index in [9.17, 15) is 14.4 Å². The lowest BCUT2D eigenvalue weighted by atomic mass is 9.99. The number of aryl methyl sites for hydroxylation is 2. The molecule has 0 saturated heterocycles. The van der Waals surface area contributed by atoms with Gasteiger partial charge < -0.3 is 20.7 Å². The van der Waals surface area contributed by atoms with E-state index in [1.54, 1.807) is 18.2 Å². The third-order valence-corrected chi connectivity index (χ3v) is 6.19. The molecule has 0 fully saturated rings. The van der Waals surface area contributed by atoms with Gasteiger partial charge in [-0.05, 0) is 78.5 Å². The normalized spacial score (nSPS) is 14.8. The van der Waals surface area contributed by atoms with Crippen molar-refractivity contribution in [1.82, 2.24) is 5.32 Å². The van der Waals surface area contributed by atoms with Crippen LogP contribution in [-0.2, 0) is 46.4 Å². The largest absolute Gasteiger partial charge is 0.467 e. The van der Waals surface area contributed by atoms with Gasteiger partial charge in [-0.1, -0.05) is 18.2 Å². The number of esters is 1. The average molecular weight is 436 g/mol. The molecule has 4 rings (SSSR count). The molecule has 168 valence electrons. The highest BCUT2D eigenvalue weighted by Gasteiger charge is 2.27. The van der Waals surface area contributed by atoms with Crippen LogP contribution in [0.25, 0.3) is 0 Å². The van der Waals surface area contributed by atoms with Crippen LogP contribution in [-0.4, -0.2) is 31.1 Å². The monoisotopic (exact) mass is 435 g/mol. The van der Waals surface area contributed by atoms with Gasteiger partial charge in [-0.2, -0.15) is 0 Å². The smallest absolute Gasteiger partial charge is 0.328 e. The molecular weight excluding hydrogens is 406 g/mol. The van der Waals surface area contributed by atoms with Crippen molar-refractivity contribution in [2.24, 2.45) is 0 Å². The summed E-state index contributed by atoms with van der Waals surface area (Å²) in [7, 11) is 1.31. The number of nitrogens with one attached hydrogen (secondary N) is 3. The van der Waals surface area contributed by atoms with E-state index in [2.05, 4.69) is 22.0 Å². The van der Waals surface area contributed by atoms with Crippen molar-refractivity contribution in [1.29, 1.82) is 0 Å². The van der Waals surface area contributed by atoms with Crippen LogP contribution in [0.3, 0.4) is 0 Å². The minimum Gasteiger partial charge on any atom is -0.467 e. The number of ether oxygens (including phenoxy) is 1. The molecule has 0 heterocycles. The molecule has 3 N–H and O–H groups in total. The second-order valence-corrected chi connectivity index (χ2v) is 8.49. The number of hydrogen-bond acceptors (Lipinski definition) is 4. The standard InChI is InChI=1S/C25H29N3O4/c1-15(29)26-19-9-3-6-16(12-19)13-22(24(30)32-2)27-25(31)28-23-20-10-4-7-17(20)14-18-8-5-11-21(18)23/h3,6,9,12,14,22H,4-5,7-8,10-11,13H2,1-2H3,(H,26,29)(H2,27,28,31)/t22-/m1/s1. The van der Waals surface area contributed by atoms with E-state index in [0.29, 0.717) is 5.69 Å². The number of urea groups is 1. The summed E-state index contributed by atoms with van der Waals surface area (Å²) in [5.41, 5.74) is 7.51. The number of benzene rings is 2. The first kappa shape index (κ1) is 21.9. The third-order valence-electron chi connectivity index (χ3n) is 6.19. The molecule has 0 saturated carbocycles. The number of rotatable bonds is 6. The van der Waals surface area contributed by atoms with Crippen LogP contribution in [0.1, 0.15) is 47.6 Å². The SMILES string of the molecule is COC(=O)[C@@H](Cc1cccc(NC(C)=O)c1)NC(=O)Nc1c2c(cc3c1CCC3)CCC2. The Bertz CT molecular complexity index is 1030. The molecule has 2 aromatic rings. The zero-order valence-corrected chi connectivity index (χ0v) is 18.5. The van der Waals surface area contributed by atoms with Crippen molar-refractivity contribution in [3.63, 3.8) is 0 Å². The molecular formula is C25H29N3O4. The van der Waals surface area contributed by atoms with E-state index >= 15 is 0 Å². The maximum Gasteiger partial charge on any atom is 0.328 e. The first-order valence-electron chi connectivity index (χ1n) is 11.1. The van der Waals surface area contributed by atoms with E-state index < -0.39 is 18.0 Å². The Morgan fingerprint density at radius 3 is 2.28 bits per heavy atom. The molecule has 1 atom stereocenters. The van der Waals surface area contributed by atoms with Gasteiger partial charge in [-0.3, -0.25) is 4.79 Å². The Labute approximate surface area is 187 Å². The van der Waals surface area contributed by atoms with Gasteiger partial charge >= 0.3 is 12.0 Å². The minimum atomic E-state index is -0.850. The van der Waals surface area contributed by atoms with Crippen molar-refractivity contribution >= 4 is 29.3 Å². The molecule has 0 radical (unpaired) electrons. The summed E-state index contributed by atoms with van der Waals surface area (Å²) in [6, 6.07) is 8.25. The van der Waals surface area contributed by atoms with Crippen LogP contribution in [0.4, 0.5) is 16.2 Å². The van der Waals surface area contributed by atoms with Crippen molar-refractivity contribution in [3.05, 3.63) is 58.1 Å². The predicted octanol–water partition coefficient (Wildman–Crippen LogP) is 3.53. The van der Waals surface area contributed by atoms with Gasteiger partial charge in [-0.15, -0.1) is 0 Å². The number of fused-ring (bicyclic) bond motifs is 2. The zero-order valence-electron chi connectivity index (χ0n) is 18.5. The number of carbonyl (C=O) groups excluding carboxylic acids is 3. The van der Waals surface area contributed by atoms with Crippen LogP contribution in [0.15, 0.2) is 30.3 Å². The Morgan fingerprint density at radius 1 is 0.969 bits per heavy atom. The Balaban J connectivity index is 1.51. The van der Waals surface area contributed by atoms with Gasteiger partial charge in [-0.25, -0.2) is 9.59 Å². The summed E-state index contributed by atoms with van der Waals surface area (Å²) in [6.45, 7) is 1.44. The number of amides is 3. The Hall–Kier alpha value is -3.35. The van der Waals surface area contributed by atoms with E-state index in [0.717, 1.165) is 49.8 Å². The molecule has 0 aliphatic heterocycles. The lowest BCUT2D eigenvalue weighted by Crippen LogP contribution is -2.45. The van der Waals surface area contributed by atoms with Gasteiger partial charge in [0.25, 0.3) is 0 Å². The summed E-state index contributed by atoms with van der Waals surface area (Å²) >= 11 is 0. The molecule has 7 heteroatoms. The molecule has 2 aromatic carbocycles. The molecule has 0 unspecified atom stereocenters. The van der Waals surface area contributed by atoms with E-state index in [4.69, 9.17) is 4.74 Å². The Kier molecular flexibility index (Phi) is 6.44. The van der Waals surface area contributed by atoms with Crippen LogP contribution in [0.5, 0.6) is 0 Å². The number of anilines is 2. The lowest BCUT2D eigenvalue weighted by Gasteiger charge is -2.20. The second-order valence-electron chi connectivity index (χ2n) is 8.49. The highest BCUT2D eigenvalue weighted by molar-refractivity contribution is 5.95. The molecule has 0 aromatic heterocycles. The quantitative estimate of drug-likeness (QED) is 0.605. The number of methoxy groups -OCH3 is 1. The van der Waals surface area contributed by atoms with Crippen LogP contribution < -0.4 is 16.0 Å². The fraction of sp³-hybridized carbons (Fsp3) is 0.400. The number of carbonyl (C=O) groups is 3. The summed E-state index contributed by atoms with van der Waals surface area (Å²) in [5, 5.41) is 8.58. The first-order valence-corrected chi connectivity index (χ1v) is 11.1. The highest BCUT2D eigenvalue weighted by Crippen LogP contribution is 2.38. The van der Waals surface area contributed by atoms with Crippen molar-refractivity contribution in [3.8, 4) is 0 Å². The maximum absolute atomic E-state index is 13.0. The second kappa shape index (κ2) is 9.42. The molecule has 3 amide bonds. The van der Waals surface area contributed by atoms with Gasteiger partial charge in [0.2, 0.25) is 5.91 Å². The predicted molar refractivity (Wildman–Crippen MR) is 123 cm³/mol. The van der Waals surface area contributed by atoms with Crippen molar-refractivity contribution in [2.45, 2.75) is 57.9 Å². The minimum absolute atomic E-state index is 0.174. The topological polar surface area (TPSA) is 96.5 Å². The summed E-state index contributed by atoms with van der Waals surface area (Å²) in [6.07, 6.45) is 6.48. The lowest BCUT2D eigenvalue weighted by molar-refractivity contribution is -0.142. The van der Waals surface area contributed by atoms with Crippen molar-refractivity contribution < 1.29 is 19.1 Å². The Morgan fingerprint density at radius 2 is 1.66 bits per heavy atom. The highest BCUT2D eigenvalue weighted by atomic mass is 16.5. The zero-order chi connectivity index (χ0) is 22.7. The molecule has 0 bridgehead atoms. The average Bonchev–Trinajstić information content (AvgIpc) is 3.41. The fourth-order valence-corrected chi connectivity index (χ4v) is 4.83. The van der Waals surface area contributed by atoms with Crippen molar-refractivity contribution in [2.75, 3.05) is 17.7 Å². The molecule has 0 spiro atoms. The summed E-state index contributed by atoms with van der Waals surface area (Å²) < 4.78 is 4.93. The van der Waals surface area contributed by atoms with Gasteiger partial charge in [0.05, 0.1) is 7.11 Å². The van der Waals surface area contributed by atoms with Crippen LogP contribution in [0.2, 0.25) is 0 Å². The van der Waals surface area contributed by atoms with Gasteiger partial charge in [0, 0.05) is 24.7 Å². The summed E-state index contributed by atoms with van der Waals surface area (Å²) in [4.78, 5) is 36.7. The van der Waals surface area contributed by atoms with Crippen LogP contribution in [0, 0.1) is 0 Å².